The number of methoxy groups -OCH3 is 1. The fourth-order valence-electron chi connectivity index (χ4n) is 3.98. The molecule has 0 unspecified atom stereocenters. The molecule has 142 valence electrons. The van der Waals surface area contributed by atoms with E-state index in [0.717, 1.165) is 32.1 Å². The van der Waals surface area contributed by atoms with Gasteiger partial charge in [-0.3, -0.25) is 9.59 Å². The van der Waals surface area contributed by atoms with E-state index in [1.807, 2.05) is 4.90 Å². The van der Waals surface area contributed by atoms with Crippen LogP contribution in [0.4, 0.5) is 4.39 Å². The minimum absolute atomic E-state index is 0.0518. The van der Waals surface area contributed by atoms with Crippen LogP contribution in [0.5, 0.6) is 5.75 Å². The summed E-state index contributed by atoms with van der Waals surface area (Å²) in [7, 11) is 1.51. The maximum atomic E-state index is 13.5. The Balaban J connectivity index is 1.59. The molecule has 1 aromatic carbocycles. The number of amides is 2. The Morgan fingerprint density at radius 2 is 1.77 bits per heavy atom. The van der Waals surface area contributed by atoms with Gasteiger partial charge in [0.25, 0.3) is 0 Å². The summed E-state index contributed by atoms with van der Waals surface area (Å²) >= 11 is 0. The van der Waals surface area contributed by atoms with Gasteiger partial charge < -0.3 is 14.5 Å². The molecule has 0 radical (unpaired) electrons. The van der Waals surface area contributed by atoms with E-state index in [1.165, 1.54) is 19.2 Å². The first-order valence-electron chi connectivity index (χ1n) is 9.47. The molecule has 1 saturated carbocycles. The predicted octanol–water partition coefficient (Wildman–Crippen LogP) is 2.63. The monoisotopic (exact) mass is 362 g/mol. The average Bonchev–Trinajstić information content (AvgIpc) is 3.05. The molecule has 1 heterocycles. The summed E-state index contributed by atoms with van der Waals surface area (Å²) in [6, 6.07) is 4.22. The van der Waals surface area contributed by atoms with Crippen LogP contribution in [0.3, 0.4) is 0 Å². The highest BCUT2D eigenvalue weighted by Crippen LogP contribution is 2.27. The first kappa shape index (κ1) is 18.7. The van der Waals surface area contributed by atoms with Crippen LogP contribution in [0, 0.1) is 11.7 Å². The van der Waals surface area contributed by atoms with Crippen LogP contribution in [0.25, 0.3) is 0 Å². The van der Waals surface area contributed by atoms with Crippen molar-refractivity contribution in [2.24, 2.45) is 5.92 Å². The van der Waals surface area contributed by atoms with Gasteiger partial charge in [0.1, 0.15) is 11.6 Å². The van der Waals surface area contributed by atoms with Crippen LogP contribution < -0.4 is 4.74 Å². The third-order valence-corrected chi connectivity index (χ3v) is 5.45. The van der Waals surface area contributed by atoms with Crippen molar-refractivity contribution in [2.45, 2.75) is 38.5 Å². The molecule has 1 aromatic rings. The molecule has 2 fully saturated rings. The minimum Gasteiger partial charge on any atom is -0.496 e. The van der Waals surface area contributed by atoms with Crippen LogP contribution in [0.1, 0.15) is 37.7 Å². The maximum Gasteiger partial charge on any atom is 0.227 e. The van der Waals surface area contributed by atoms with Crippen LogP contribution in [-0.4, -0.2) is 54.9 Å². The third-order valence-electron chi connectivity index (χ3n) is 5.45. The molecule has 1 aliphatic carbocycles. The molecule has 2 amide bonds. The molecule has 0 atom stereocenters. The number of hydrogen-bond acceptors (Lipinski definition) is 3. The first-order valence-corrected chi connectivity index (χ1v) is 9.47. The molecule has 3 rings (SSSR count). The van der Waals surface area contributed by atoms with Crippen molar-refractivity contribution < 1.29 is 18.7 Å². The van der Waals surface area contributed by atoms with Gasteiger partial charge in [0.05, 0.1) is 13.5 Å². The van der Waals surface area contributed by atoms with E-state index in [4.69, 9.17) is 4.74 Å². The van der Waals surface area contributed by atoms with E-state index >= 15 is 0 Å². The van der Waals surface area contributed by atoms with Gasteiger partial charge in [-0.1, -0.05) is 12.8 Å². The molecule has 0 aromatic heterocycles. The van der Waals surface area contributed by atoms with E-state index in [0.29, 0.717) is 37.5 Å². The standard InChI is InChI=1S/C20H27FN2O3/c1-26-18-8-7-17(21)13-16(18)14-19(24)22-9-4-10-23(12-11-22)20(25)15-5-2-3-6-15/h7-8,13,15H,2-6,9-12,14H2,1H3. The maximum absolute atomic E-state index is 13.5. The molecule has 5 nitrogen and oxygen atoms in total. The normalized spacial score (nSPS) is 18.7. The van der Waals surface area contributed by atoms with Gasteiger partial charge in [-0.2, -0.15) is 0 Å². The quantitative estimate of drug-likeness (QED) is 0.827. The fourth-order valence-corrected chi connectivity index (χ4v) is 3.98. The largest absolute Gasteiger partial charge is 0.496 e. The molecule has 0 bridgehead atoms. The molecule has 6 heteroatoms. The lowest BCUT2D eigenvalue weighted by molar-refractivity contribution is -0.136. The van der Waals surface area contributed by atoms with Crippen molar-refractivity contribution in [1.82, 2.24) is 9.80 Å². The van der Waals surface area contributed by atoms with Crippen molar-refractivity contribution >= 4 is 11.8 Å². The molecule has 1 aliphatic heterocycles. The highest BCUT2D eigenvalue weighted by molar-refractivity contribution is 5.81. The molecule has 0 N–H and O–H groups in total. The van der Waals surface area contributed by atoms with E-state index in [2.05, 4.69) is 0 Å². The van der Waals surface area contributed by atoms with Gasteiger partial charge in [-0.25, -0.2) is 4.39 Å². The highest BCUT2D eigenvalue weighted by atomic mass is 19.1. The second-order valence-electron chi connectivity index (χ2n) is 7.17. The lowest BCUT2D eigenvalue weighted by Crippen LogP contribution is -2.39. The second-order valence-corrected chi connectivity index (χ2v) is 7.17. The Kier molecular flexibility index (Phi) is 6.12. The van der Waals surface area contributed by atoms with Crippen LogP contribution in [0.15, 0.2) is 18.2 Å². The van der Waals surface area contributed by atoms with Gasteiger partial charge in [0.2, 0.25) is 11.8 Å². The van der Waals surface area contributed by atoms with Gasteiger partial charge in [0.15, 0.2) is 0 Å². The summed E-state index contributed by atoms with van der Waals surface area (Å²) < 4.78 is 18.7. The smallest absolute Gasteiger partial charge is 0.227 e. The Hall–Kier alpha value is -2.11. The number of carbonyl (C=O) groups is 2. The molecule has 0 spiro atoms. The Labute approximate surface area is 154 Å². The first-order chi connectivity index (χ1) is 12.6. The number of hydrogen-bond donors (Lipinski definition) is 0. The highest BCUT2D eigenvalue weighted by Gasteiger charge is 2.29. The van der Waals surface area contributed by atoms with Crippen molar-refractivity contribution in [3.05, 3.63) is 29.6 Å². The number of rotatable bonds is 4. The number of carbonyl (C=O) groups excluding carboxylic acids is 2. The Morgan fingerprint density at radius 3 is 2.50 bits per heavy atom. The summed E-state index contributed by atoms with van der Waals surface area (Å²) in [4.78, 5) is 29.0. The van der Waals surface area contributed by atoms with Gasteiger partial charge >= 0.3 is 0 Å². The lowest BCUT2D eigenvalue weighted by atomic mass is 10.1. The van der Waals surface area contributed by atoms with Gasteiger partial charge in [0, 0.05) is 37.7 Å². The van der Waals surface area contributed by atoms with Crippen LogP contribution >= 0.6 is 0 Å². The van der Waals surface area contributed by atoms with Crippen LogP contribution in [-0.2, 0) is 16.0 Å². The molecule has 2 aliphatic rings. The molecular formula is C20H27FN2O3. The zero-order valence-corrected chi connectivity index (χ0v) is 15.4. The Bertz CT molecular complexity index is 658. The fraction of sp³-hybridized carbons (Fsp3) is 0.600. The van der Waals surface area contributed by atoms with Crippen LogP contribution in [0.2, 0.25) is 0 Å². The summed E-state index contributed by atoms with van der Waals surface area (Å²) in [5.41, 5.74) is 0.556. The van der Waals surface area contributed by atoms with Crippen molar-refractivity contribution in [3.8, 4) is 5.75 Å². The zero-order chi connectivity index (χ0) is 18.5. The topological polar surface area (TPSA) is 49.9 Å². The Morgan fingerprint density at radius 1 is 1.08 bits per heavy atom. The van der Waals surface area contributed by atoms with Crippen molar-refractivity contribution in [3.63, 3.8) is 0 Å². The third kappa shape index (κ3) is 4.34. The summed E-state index contributed by atoms with van der Waals surface area (Å²) in [5, 5.41) is 0. The van der Waals surface area contributed by atoms with Crippen molar-refractivity contribution in [1.29, 1.82) is 0 Å². The van der Waals surface area contributed by atoms with E-state index < -0.39 is 0 Å². The summed E-state index contributed by atoms with van der Waals surface area (Å²) in [5.74, 6) is 0.520. The lowest BCUT2D eigenvalue weighted by Gasteiger charge is -2.24. The zero-order valence-electron chi connectivity index (χ0n) is 15.4. The van der Waals surface area contributed by atoms with E-state index in [9.17, 15) is 14.0 Å². The van der Waals surface area contributed by atoms with Gasteiger partial charge in [-0.15, -0.1) is 0 Å². The predicted molar refractivity (Wildman–Crippen MR) is 96.4 cm³/mol. The number of ether oxygens (including phenoxy) is 1. The summed E-state index contributed by atoms with van der Waals surface area (Å²) in [6.07, 6.45) is 5.17. The van der Waals surface area contributed by atoms with E-state index in [-0.39, 0.29) is 30.0 Å². The second kappa shape index (κ2) is 8.52. The minimum atomic E-state index is -0.377. The number of nitrogens with zero attached hydrogens (tertiary/aromatic N) is 2. The van der Waals surface area contributed by atoms with Gasteiger partial charge in [-0.05, 0) is 37.5 Å². The molecule has 26 heavy (non-hydrogen) atoms. The SMILES string of the molecule is COc1ccc(F)cc1CC(=O)N1CCCN(C(=O)C2CCCC2)CC1. The molecule has 1 saturated heterocycles. The molecular weight excluding hydrogens is 335 g/mol. The number of halogens is 1. The number of benzene rings is 1. The average molecular weight is 362 g/mol. The van der Waals surface area contributed by atoms with E-state index in [1.54, 1.807) is 11.0 Å². The van der Waals surface area contributed by atoms with Crippen molar-refractivity contribution in [2.75, 3.05) is 33.3 Å². The summed E-state index contributed by atoms with van der Waals surface area (Å²) in [6.45, 7) is 2.46.